The lowest BCUT2D eigenvalue weighted by Gasteiger charge is -2.10. The normalized spacial score (nSPS) is 11.4. The quantitative estimate of drug-likeness (QED) is 0.907. The largest absolute Gasteiger partial charge is 0.495 e. The minimum atomic E-state index is -3.76. The third-order valence-corrected chi connectivity index (χ3v) is 4.37. The monoisotopic (exact) mass is 327 g/mol. The molecule has 21 heavy (non-hydrogen) atoms. The number of ether oxygens (including phenoxy) is 1. The number of aryl methyl sites for hydroxylation is 1. The maximum Gasteiger partial charge on any atom is 0.244 e. The second kappa shape index (κ2) is 6.38. The van der Waals surface area contributed by atoms with Crippen molar-refractivity contribution in [3.63, 3.8) is 0 Å². The van der Waals surface area contributed by atoms with Crippen molar-refractivity contribution in [1.82, 2.24) is 14.9 Å². The lowest BCUT2D eigenvalue weighted by atomic mass is 10.3. The summed E-state index contributed by atoms with van der Waals surface area (Å²) in [7, 11) is -2.36. The molecule has 2 aromatic rings. The summed E-state index contributed by atoms with van der Waals surface area (Å²) in [4.78, 5) is -0.0161. The summed E-state index contributed by atoms with van der Waals surface area (Å²) in [6, 6.07) is 7.87. The summed E-state index contributed by atoms with van der Waals surface area (Å²) in [5.74, 6) is 0.224. The first kappa shape index (κ1) is 15.7. The van der Waals surface area contributed by atoms with Crippen molar-refractivity contribution < 1.29 is 13.2 Å². The minimum absolute atomic E-state index is 0.0161. The van der Waals surface area contributed by atoms with Crippen LogP contribution in [0.1, 0.15) is 11.4 Å². The van der Waals surface area contributed by atoms with E-state index in [4.69, 9.17) is 16.3 Å². The van der Waals surface area contributed by atoms with Gasteiger partial charge in [0.2, 0.25) is 10.0 Å². The highest BCUT2D eigenvalue weighted by Gasteiger charge is 2.20. The number of methoxy groups -OCH3 is 1. The maximum atomic E-state index is 12.3. The Kier molecular flexibility index (Phi) is 4.76. The Balaban J connectivity index is 2.22. The van der Waals surface area contributed by atoms with E-state index in [-0.39, 0.29) is 17.2 Å². The Morgan fingerprint density at radius 1 is 1.24 bits per heavy atom. The first-order valence-electron chi connectivity index (χ1n) is 6.05. The second-order valence-electron chi connectivity index (χ2n) is 4.29. The third kappa shape index (κ3) is 3.90. The molecule has 0 spiro atoms. The van der Waals surface area contributed by atoms with Crippen molar-refractivity contribution in [2.24, 2.45) is 0 Å². The van der Waals surface area contributed by atoms with Crippen LogP contribution in [-0.4, -0.2) is 25.7 Å². The van der Waals surface area contributed by atoms with Crippen LogP contribution in [0.4, 0.5) is 0 Å². The van der Waals surface area contributed by atoms with Gasteiger partial charge in [-0.3, -0.25) is 0 Å². The van der Waals surface area contributed by atoms with Crippen LogP contribution in [0.25, 0.3) is 0 Å². The summed E-state index contributed by atoms with van der Waals surface area (Å²) in [6.07, 6.45) is 0. The number of hydrogen-bond acceptors (Lipinski definition) is 5. The summed E-state index contributed by atoms with van der Waals surface area (Å²) in [5, 5.41) is 8.08. The fraction of sp³-hybridized carbons (Fsp3) is 0.231. The van der Waals surface area contributed by atoms with E-state index in [2.05, 4.69) is 14.9 Å². The Morgan fingerprint density at radius 2 is 2.00 bits per heavy atom. The van der Waals surface area contributed by atoms with Gasteiger partial charge in [-0.2, -0.15) is 10.2 Å². The van der Waals surface area contributed by atoms with Crippen molar-refractivity contribution in [2.45, 2.75) is 18.4 Å². The summed E-state index contributed by atoms with van der Waals surface area (Å²) >= 11 is 5.84. The smallest absolute Gasteiger partial charge is 0.244 e. The molecule has 1 N–H and O–H groups in total. The molecule has 112 valence electrons. The van der Waals surface area contributed by atoms with E-state index in [0.717, 1.165) is 5.69 Å². The first-order chi connectivity index (χ1) is 9.92. The predicted molar refractivity (Wildman–Crippen MR) is 78.8 cm³/mol. The van der Waals surface area contributed by atoms with E-state index < -0.39 is 10.0 Å². The van der Waals surface area contributed by atoms with E-state index in [9.17, 15) is 8.42 Å². The van der Waals surface area contributed by atoms with Gasteiger partial charge in [-0.05, 0) is 37.3 Å². The molecule has 1 aromatic carbocycles. The number of benzene rings is 1. The van der Waals surface area contributed by atoms with Crippen LogP contribution in [0.15, 0.2) is 35.2 Å². The number of nitrogens with one attached hydrogen (secondary N) is 1. The van der Waals surface area contributed by atoms with Gasteiger partial charge in [0.1, 0.15) is 10.6 Å². The molecule has 0 amide bonds. The van der Waals surface area contributed by atoms with Crippen molar-refractivity contribution >= 4 is 21.6 Å². The lowest BCUT2D eigenvalue weighted by molar-refractivity contribution is 0.402. The standard InChI is InChI=1S/C13H14ClN3O3S/c1-9-3-5-11(17-16-9)8-15-21(18,19)13-7-10(14)4-6-12(13)20-2/h3-7,15H,8H2,1-2H3. The molecule has 1 aromatic heterocycles. The lowest BCUT2D eigenvalue weighted by Crippen LogP contribution is -2.24. The SMILES string of the molecule is COc1ccc(Cl)cc1S(=O)(=O)NCc1ccc(C)nn1. The van der Waals surface area contributed by atoms with Gasteiger partial charge in [-0.15, -0.1) is 0 Å². The van der Waals surface area contributed by atoms with E-state index in [1.54, 1.807) is 25.1 Å². The molecule has 0 aliphatic rings. The zero-order chi connectivity index (χ0) is 15.5. The average Bonchev–Trinajstić information content (AvgIpc) is 2.47. The van der Waals surface area contributed by atoms with Gasteiger partial charge in [-0.1, -0.05) is 11.6 Å². The van der Waals surface area contributed by atoms with Gasteiger partial charge >= 0.3 is 0 Å². The molecule has 0 aliphatic heterocycles. The highest BCUT2D eigenvalue weighted by Crippen LogP contribution is 2.26. The zero-order valence-corrected chi connectivity index (χ0v) is 13.1. The second-order valence-corrected chi connectivity index (χ2v) is 6.46. The Morgan fingerprint density at radius 3 is 2.62 bits per heavy atom. The Bertz CT molecular complexity index is 733. The Hall–Kier alpha value is -1.70. The number of sulfonamides is 1. The fourth-order valence-corrected chi connectivity index (χ4v) is 3.06. The Labute approximate surface area is 128 Å². The fourth-order valence-electron chi connectivity index (χ4n) is 1.63. The number of nitrogens with zero attached hydrogens (tertiary/aromatic N) is 2. The van der Waals surface area contributed by atoms with Crippen molar-refractivity contribution in [3.8, 4) is 5.75 Å². The molecule has 0 bridgehead atoms. The molecule has 0 atom stereocenters. The number of halogens is 1. The molecule has 0 fully saturated rings. The first-order valence-corrected chi connectivity index (χ1v) is 7.91. The van der Waals surface area contributed by atoms with Crippen LogP contribution in [0.5, 0.6) is 5.75 Å². The van der Waals surface area contributed by atoms with Crippen molar-refractivity contribution in [3.05, 3.63) is 46.7 Å². The average molecular weight is 328 g/mol. The predicted octanol–water partition coefficient (Wildman–Crippen LogP) is 1.93. The van der Waals surface area contributed by atoms with Gasteiger partial charge in [0.25, 0.3) is 0 Å². The van der Waals surface area contributed by atoms with Crippen LogP contribution in [-0.2, 0) is 16.6 Å². The third-order valence-electron chi connectivity index (χ3n) is 2.71. The molecule has 0 saturated heterocycles. The molecule has 0 radical (unpaired) electrons. The number of rotatable bonds is 5. The maximum absolute atomic E-state index is 12.3. The molecule has 6 nitrogen and oxygen atoms in total. The molecular formula is C13H14ClN3O3S. The van der Waals surface area contributed by atoms with Crippen LogP contribution >= 0.6 is 11.6 Å². The van der Waals surface area contributed by atoms with Crippen LogP contribution in [0.2, 0.25) is 5.02 Å². The van der Waals surface area contributed by atoms with E-state index in [0.29, 0.717) is 10.7 Å². The van der Waals surface area contributed by atoms with Gasteiger partial charge in [0.05, 0.1) is 25.0 Å². The molecule has 2 rings (SSSR count). The highest BCUT2D eigenvalue weighted by atomic mass is 35.5. The summed E-state index contributed by atoms with van der Waals surface area (Å²) in [6.45, 7) is 1.84. The van der Waals surface area contributed by atoms with E-state index >= 15 is 0 Å². The van der Waals surface area contributed by atoms with Crippen LogP contribution in [0.3, 0.4) is 0 Å². The zero-order valence-electron chi connectivity index (χ0n) is 11.5. The summed E-state index contributed by atoms with van der Waals surface area (Å²) < 4.78 is 32.1. The summed E-state index contributed by atoms with van der Waals surface area (Å²) in [5.41, 5.74) is 1.28. The van der Waals surface area contributed by atoms with Gasteiger partial charge in [0.15, 0.2) is 0 Å². The van der Waals surface area contributed by atoms with Crippen molar-refractivity contribution in [2.75, 3.05) is 7.11 Å². The molecule has 8 heteroatoms. The number of aromatic nitrogens is 2. The molecule has 0 unspecified atom stereocenters. The van der Waals surface area contributed by atoms with E-state index in [1.165, 1.54) is 19.2 Å². The van der Waals surface area contributed by atoms with Gasteiger partial charge < -0.3 is 4.74 Å². The molecular weight excluding hydrogens is 314 g/mol. The number of hydrogen-bond donors (Lipinski definition) is 1. The van der Waals surface area contributed by atoms with Crippen LogP contribution in [0, 0.1) is 6.92 Å². The topological polar surface area (TPSA) is 81.2 Å². The van der Waals surface area contributed by atoms with Crippen molar-refractivity contribution in [1.29, 1.82) is 0 Å². The molecule has 0 aliphatic carbocycles. The minimum Gasteiger partial charge on any atom is -0.495 e. The molecule has 0 saturated carbocycles. The van der Waals surface area contributed by atoms with Gasteiger partial charge in [-0.25, -0.2) is 13.1 Å². The highest BCUT2D eigenvalue weighted by molar-refractivity contribution is 7.89. The van der Waals surface area contributed by atoms with E-state index in [1.807, 2.05) is 0 Å². The van der Waals surface area contributed by atoms with Gasteiger partial charge in [0, 0.05) is 5.02 Å². The van der Waals surface area contributed by atoms with Crippen LogP contribution < -0.4 is 9.46 Å². The molecule has 1 heterocycles.